The molecular weight excluding hydrogens is 282 g/mol. The second-order valence-electron chi connectivity index (χ2n) is 4.22. The van der Waals surface area contributed by atoms with Crippen LogP contribution in [-0.4, -0.2) is 16.4 Å². The van der Waals surface area contributed by atoms with Crippen LogP contribution in [0.5, 0.6) is 0 Å². The third-order valence-electron chi connectivity index (χ3n) is 3.01. The minimum atomic E-state index is -0.674. The van der Waals surface area contributed by atoms with Gasteiger partial charge in [-0.15, -0.1) is 0 Å². The molecule has 5 heteroatoms. The molecule has 88 valence electrons. The Morgan fingerprint density at radius 3 is 2.82 bits per heavy atom. The molecule has 1 aliphatic carbocycles. The van der Waals surface area contributed by atoms with E-state index in [-0.39, 0.29) is 5.91 Å². The number of carbonyl (C=O) groups excluding carboxylic acids is 1. The van der Waals surface area contributed by atoms with Crippen LogP contribution in [-0.2, 0) is 0 Å². The lowest BCUT2D eigenvalue weighted by molar-refractivity contribution is 0.0920. The summed E-state index contributed by atoms with van der Waals surface area (Å²) in [7, 11) is 0. The number of halogens is 1. The van der Waals surface area contributed by atoms with Crippen LogP contribution < -0.4 is 5.32 Å². The Balaban J connectivity index is 2.14. The van der Waals surface area contributed by atoms with Gasteiger partial charge < -0.3 is 5.32 Å². The molecule has 1 N–H and O–H groups in total. The quantitative estimate of drug-likeness (QED) is 0.852. The summed E-state index contributed by atoms with van der Waals surface area (Å²) in [6.45, 7) is 0. The lowest BCUT2D eigenvalue weighted by atomic mass is 9.99. The minimum absolute atomic E-state index is 0.212. The molecule has 1 amide bonds. The molecule has 0 bridgehead atoms. The van der Waals surface area contributed by atoms with Crippen molar-refractivity contribution in [3.8, 4) is 6.07 Å². The van der Waals surface area contributed by atoms with Crippen molar-refractivity contribution < 1.29 is 4.79 Å². The predicted molar refractivity (Wildman–Crippen MR) is 66.2 cm³/mol. The molecule has 4 nitrogen and oxygen atoms in total. The van der Waals surface area contributed by atoms with E-state index in [1.807, 2.05) is 0 Å². The maximum Gasteiger partial charge on any atom is 0.252 e. The van der Waals surface area contributed by atoms with E-state index in [9.17, 15) is 10.1 Å². The van der Waals surface area contributed by atoms with Crippen LogP contribution in [0.25, 0.3) is 0 Å². The molecule has 17 heavy (non-hydrogen) atoms. The normalized spacial score (nSPS) is 17.4. The fourth-order valence-corrected chi connectivity index (χ4v) is 2.44. The van der Waals surface area contributed by atoms with Gasteiger partial charge in [0.15, 0.2) is 0 Å². The van der Waals surface area contributed by atoms with E-state index >= 15 is 0 Å². The van der Waals surface area contributed by atoms with Gasteiger partial charge in [0.2, 0.25) is 0 Å². The number of hydrogen-bond acceptors (Lipinski definition) is 3. The summed E-state index contributed by atoms with van der Waals surface area (Å²) in [4.78, 5) is 16.0. The Morgan fingerprint density at radius 1 is 1.53 bits per heavy atom. The van der Waals surface area contributed by atoms with Gasteiger partial charge in [-0.1, -0.05) is 0 Å². The van der Waals surface area contributed by atoms with Gasteiger partial charge >= 0.3 is 0 Å². The predicted octanol–water partition coefficient (Wildman–Crippen LogP) is 2.41. The third-order valence-corrected chi connectivity index (χ3v) is 3.45. The molecular formula is C12H12BrN3O. The second kappa shape index (κ2) is 4.84. The van der Waals surface area contributed by atoms with E-state index < -0.39 is 5.54 Å². The molecule has 0 aliphatic heterocycles. The summed E-state index contributed by atoms with van der Waals surface area (Å²) >= 11 is 3.22. The molecule has 0 aromatic carbocycles. The first-order valence-corrected chi connectivity index (χ1v) is 6.30. The van der Waals surface area contributed by atoms with Crippen LogP contribution in [0.2, 0.25) is 0 Å². The first kappa shape index (κ1) is 12.1. The number of aromatic nitrogens is 1. The van der Waals surface area contributed by atoms with Crippen LogP contribution >= 0.6 is 15.9 Å². The van der Waals surface area contributed by atoms with E-state index in [0.717, 1.165) is 25.7 Å². The van der Waals surface area contributed by atoms with Gasteiger partial charge in [-0.3, -0.25) is 4.79 Å². The zero-order valence-corrected chi connectivity index (χ0v) is 10.8. The van der Waals surface area contributed by atoms with Crippen LogP contribution in [0.4, 0.5) is 0 Å². The van der Waals surface area contributed by atoms with E-state index in [1.54, 1.807) is 18.3 Å². The lowest BCUT2D eigenvalue weighted by Gasteiger charge is -2.21. The number of pyridine rings is 1. The Bertz CT molecular complexity index is 475. The molecule has 1 aromatic heterocycles. The number of hydrogen-bond donors (Lipinski definition) is 1. The number of nitrogens with one attached hydrogen (secondary N) is 1. The zero-order chi connectivity index (χ0) is 12.3. The van der Waals surface area contributed by atoms with Crippen molar-refractivity contribution in [2.75, 3.05) is 0 Å². The Kier molecular flexibility index (Phi) is 3.43. The van der Waals surface area contributed by atoms with Crippen molar-refractivity contribution in [1.29, 1.82) is 5.26 Å². The van der Waals surface area contributed by atoms with Crippen molar-refractivity contribution >= 4 is 21.8 Å². The summed E-state index contributed by atoms with van der Waals surface area (Å²) in [5.41, 5.74) is -0.152. The molecule has 2 rings (SSSR count). The summed E-state index contributed by atoms with van der Waals surface area (Å²) in [6, 6.07) is 5.52. The van der Waals surface area contributed by atoms with Crippen LogP contribution in [0.15, 0.2) is 22.9 Å². The highest BCUT2D eigenvalue weighted by atomic mass is 79.9. The molecule has 0 unspecified atom stereocenters. The van der Waals surface area contributed by atoms with Gasteiger partial charge in [0.1, 0.15) is 10.1 Å². The SMILES string of the molecule is N#CC1(NC(=O)c2ccnc(Br)c2)CCCC1. The van der Waals surface area contributed by atoms with Crippen LogP contribution in [0.3, 0.4) is 0 Å². The monoisotopic (exact) mass is 293 g/mol. The van der Waals surface area contributed by atoms with Gasteiger partial charge in [-0.2, -0.15) is 5.26 Å². The highest BCUT2D eigenvalue weighted by molar-refractivity contribution is 9.10. The van der Waals surface area contributed by atoms with E-state index in [0.29, 0.717) is 10.2 Å². The van der Waals surface area contributed by atoms with E-state index in [2.05, 4.69) is 32.3 Å². The molecule has 0 spiro atoms. The largest absolute Gasteiger partial charge is 0.334 e. The molecule has 0 atom stereocenters. The van der Waals surface area contributed by atoms with E-state index in [1.165, 1.54) is 0 Å². The molecule has 0 saturated heterocycles. The molecule has 1 fully saturated rings. The molecule has 1 aliphatic rings. The smallest absolute Gasteiger partial charge is 0.252 e. The number of amides is 1. The average molecular weight is 294 g/mol. The molecule has 1 heterocycles. The zero-order valence-electron chi connectivity index (χ0n) is 9.24. The van der Waals surface area contributed by atoms with Gasteiger partial charge in [0, 0.05) is 11.8 Å². The topological polar surface area (TPSA) is 65.8 Å². The number of rotatable bonds is 2. The van der Waals surface area contributed by atoms with Gasteiger partial charge in [-0.25, -0.2) is 4.98 Å². The van der Waals surface area contributed by atoms with E-state index in [4.69, 9.17) is 0 Å². The maximum absolute atomic E-state index is 12.0. The Morgan fingerprint density at radius 2 is 2.24 bits per heavy atom. The second-order valence-corrected chi connectivity index (χ2v) is 5.03. The standard InChI is InChI=1S/C12H12BrN3O/c13-10-7-9(3-6-15-10)11(17)16-12(8-14)4-1-2-5-12/h3,6-7H,1-2,4-5H2,(H,16,17). The fraction of sp³-hybridized carbons (Fsp3) is 0.417. The van der Waals surface area contributed by atoms with Gasteiger partial charge in [0.25, 0.3) is 5.91 Å². The van der Waals surface area contributed by atoms with Crippen molar-refractivity contribution in [1.82, 2.24) is 10.3 Å². The summed E-state index contributed by atoms with van der Waals surface area (Å²) in [5, 5.41) is 12.0. The lowest BCUT2D eigenvalue weighted by Crippen LogP contribution is -2.45. The Hall–Kier alpha value is -1.41. The summed E-state index contributed by atoms with van der Waals surface area (Å²) in [5.74, 6) is -0.212. The first-order chi connectivity index (χ1) is 8.15. The minimum Gasteiger partial charge on any atom is -0.334 e. The van der Waals surface area contributed by atoms with Crippen molar-refractivity contribution in [2.24, 2.45) is 0 Å². The van der Waals surface area contributed by atoms with Crippen molar-refractivity contribution in [3.05, 3.63) is 28.5 Å². The molecule has 1 aromatic rings. The van der Waals surface area contributed by atoms with Crippen LogP contribution in [0, 0.1) is 11.3 Å². The number of nitriles is 1. The average Bonchev–Trinajstić information content (AvgIpc) is 2.78. The molecule has 0 radical (unpaired) electrons. The number of nitrogens with zero attached hydrogens (tertiary/aromatic N) is 2. The van der Waals surface area contributed by atoms with Crippen LogP contribution in [0.1, 0.15) is 36.0 Å². The summed E-state index contributed by atoms with van der Waals surface area (Å²) in [6.07, 6.45) is 5.03. The van der Waals surface area contributed by atoms with Gasteiger partial charge in [-0.05, 0) is 53.7 Å². The Labute approximate surface area is 108 Å². The first-order valence-electron chi connectivity index (χ1n) is 5.50. The van der Waals surface area contributed by atoms with Crippen molar-refractivity contribution in [2.45, 2.75) is 31.2 Å². The fourth-order valence-electron chi connectivity index (χ4n) is 2.08. The van der Waals surface area contributed by atoms with Crippen molar-refractivity contribution in [3.63, 3.8) is 0 Å². The summed E-state index contributed by atoms with van der Waals surface area (Å²) < 4.78 is 0.613. The third kappa shape index (κ3) is 2.64. The highest BCUT2D eigenvalue weighted by Gasteiger charge is 2.35. The molecule has 1 saturated carbocycles. The van der Waals surface area contributed by atoms with Gasteiger partial charge in [0.05, 0.1) is 6.07 Å². The highest BCUT2D eigenvalue weighted by Crippen LogP contribution is 2.29. The number of carbonyl (C=O) groups is 1. The maximum atomic E-state index is 12.0.